The Morgan fingerprint density at radius 3 is 2.67 bits per heavy atom. The Balaban J connectivity index is 2.25. The summed E-state index contributed by atoms with van der Waals surface area (Å²) in [7, 11) is 0. The van der Waals surface area contributed by atoms with Crippen LogP contribution in [-0.2, 0) is 6.54 Å². The van der Waals surface area contributed by atoms with Crippen LogP contribution in [0.4, 0.5) is 8.78 Å². The molecule has 0 atom stereocenters. The normalized spacial score (nSPS) is 10.7. The highest BCUT2D eigenvalue weighted by Gasteiger charge is 2.12. The van der Waals surface area contributed by atoms with Crippen LogP contribution in [0.2, 0.25) is 0 Å². The van der Waals surface area contributed by atoms with Crippen molar-refractivity contribution in [2.45, 2.75) is 26.8 Å². The van der Waals surface area contributed by atoms with Crippen LogP contribution in [0.5, 0.6) is 11.5 Å². The first kappa shape index (κ1) is 15.4. The van der Waals surface area contributed by atoms with Crippen LogP contribution in [0.25, 0.3) is 0 Å². The van der Waals surface area contributed by atoms with Crippen LogP contribution in [0.15, 0.2) is 36.4 Å². The second kappa shape index (κ2) is 7.18. The molecule has 112 valence electrons. The summed E-state index contributed by atoms with van der Waals surface area (Å²) in [5.74, 6) is -0.109. The Morgan fingerprint density at radius 2 is 1.95 bits per heavy atom. The molecule has 0 saturated carbocycles. The number of para-hydroxylation sites is 1. The maximum absolute atomic E-state index is 14.0. The molecule has 0 spiro atoms. The summed E-state index contributed by atoms with van der Waals surface area (Å²) in [6.45, 7) is 5.18. The van der Waals surface area contributed by atoms with Gasteiger partial charge in [0.05, 0.1) is 0 Å². The molecule has 4 heteroatoms. The summed E-state index contributed by atoms with van der Waals surface area (Å²) >= 11 is 0. The third kappa shape index (κ3) is 4.02. The Labute approximate surface area is 123 Å². The molecule has 0 saturated heterocycles. The molecule has 2 aromatic rings. The van der Waals surface area contributed by atoms with E-state index in [1.807, 2.05) is 6.07 Å². The molecule has 0 heterocycles. The smallest absolute Gasteiger partial charge is 0.167 e. The fourth-order valence-corrected chi connectivity index (χ4v) is 2.04. The first-order valence-corrected chi connectivity index (χ1v) is 7.04. The summed E-state index contributed by atoms with van der Waals surface area (Å²) in [5, 5.41) is 3.22. The maximum Gasteiger partial charge on any atom is 0.167 e. The number of hydrogen-bond donors (Lipinski definition) is 1. The van der Waals surface area contributed by atoms with Crippen LogP contribution in [0.1, 0.15) is 24.5 Å². The lowest BCUT2D eigenvalue weighted by Crippen LogP contribution is -2.14. The number of halogens is 2. The number of hydrogen-bond acceptors (Lipinski definition) is 2. The fourth-order valence-electron chi connectivity index (χ4n) is 2.04. The second-order valence-corrected chi connectivity index (χ2v) is 4.92. The summed E-state index contributed by atoms with van der Waals surface area (Å²) in [6, 6.07) is 9.02. The van der Waals surface area contributed by atoms with Crippen molar-refractivity contribution in [1.29, 1.82) is 0 Å². The van der Waals surface area contributed by atoms with Crippen LogP contribution in [0, 0.1) is 18.6 Å². The molecule has 0 amide bonds. The van der Waals surface area contributed by atoms with E-state index in [1.165, 1.54) is 24.3 Å². The van der Waals surface area contributed by atoms with Crippen molar-refractivity contribution < 1.29 is 13.5 Å². The summed E-state index contributed by atoms with van der Waals surface area (Å²) in [4.78, 5) is 0. The van der Waals surface area contributed by atoms with E-state index in [1.54, 1.807) is 13.0 Å². The van der Waals surface area contributed by atoms with Crippen molar-refractivity contribution in [1.82, 2.24) is 5.32 Å². The van der Waals surface area contributed by atoms with E-state index < -0.39 is 5.82 Å². The van der Waals surface area contributed by atoms with Crippen LogP contribution < -0.4 is 10.1 Å². The SMILES string of the molecule is CCCNCc1cccc(F)c1Oc1ccc(F)cc1C. The van der Waals surface area contributed by atoms with Crippen molar-refractivity contribution >= 4 is 0 Å². The lowest BCUT2D eigenvalue weighted by Gasteiger charge is -2.14. The molecule has 0 bridgehead atoms. The predicted molar refractivity (Wildman–Crippen MR) is 79.6 cm³/mol. The number of benzene rings is 2. The van der Waals surface area contributed by atoms with E-state index in [0.717, 1.165) is 18.5 Å². The monoisotopic (exact) mass is 291 g/mol. The van der Waals surface area contributed by atoms with Gasteiger partial charge in [0.25, 0.3) is 0 Å². The van der Waals surface area contributed by atoms with Gasteiger partial charge in [0.2, 0.25) is 0 Å². The zero-order chi connectivity index (χ0) is 15.2. The van der Waals surface area contributed by atoms with Crippen LogP contribution in [-0.4, -0.2) is 6.54 Å². The Kier molecular flexibility index (Phi) is 5.28. The third-order valence-corrected chi connectivity index (χ3v) is 3.14. The third-order valence-electron chi connectivity index (χ3n) is 3.14. The van der Waals surface area contributed by atoms with Crippen molar-refractivity contribution in [2.75, 3.05) is 6.54 Å². The highest BCUT2D eigenvalue weighted by atomic mass is 19.1. The van der Waals surface area contributed by atoms with Gasteiger partial charge in [0.15, 0.2) is 11.6 Å². The highest BCUT2D eigenvalue weighted by molar-refractivity contribution is 5.42. The van der Waals surface area contributed by atoms with Gasteiger partial charge in [-0.3, -0.25) is 0 Å². The summed E-state index contributed by atoms with van der Waals surface area (Å²) in [6.07, 6.45) is 1.00. The minimum absolute atomic E-state index is 0.191. The standard InChI is InChI=1S/C17H19F2NO/c1-3-9-20-11-13-5-4-6-15(19)17(13)21-16-8-7-14(18)10-12(16)2/h4-8,10,20H,3,9,11H2,1-2H3. The van der Waals surface area contributed by atoms with Gasteiger partial charge in [-0.2, -0.15) is 0 Å². The van der Waals surface area contributed by atoms with E-state index in [-0.39, 0.29) is 11.6 Å². The summed E-state index contributed by atoms with van der Waals surface area (Å²) in [5.41, 5.74) is 1.37. The predicted octanol–water partition coefficient (Wildman–Crippen LogP) is 4.57. The lowest BCUT2D eigenvalue weighted by molar-refractivity contribution is 0.430. The molecule has 2 aromatic carbocycles. The van der Waals surface area contributed by atoms with Crippen LogP contribution in [0.3, 0.4) is 0 Å². The van der Waals surface area contributed by atoms with Gasteiger partial charge in [-0.1, -0.05) is 19.1 Å². The van der Waals surface area contributed by atoms with E-state index in [0.29, 0.717) is 17.9 Å². The zero-order valence-electron chi connectivity index (χ0n) is 12.2. The van der Waals surface area contributed by atoms with Gasteiger partial charge >= 0.3 is 0 Å². The van der Waals surface area contributed by atoms with E-state index >= 15 is 0 Å². The maximum atomic E-state index is 14.0. The average Bonchev–Trinajstić information content (AvgIpc) is 2.45. The molecular weight excluding hydrogens is 272 g/mol. The summed E-state index contributed by atoms with van der Waals surface area (Å²) < 4.78 is 32.8. The van der Waals surface area contributed by atoms with Gasteiger partial charge < -0.3 is 10.1 Å². The Bertz CT molecular complexity index is 614. The van der Waals surface area contributed by atoms with Gasteiger partial charge in [-0.25, -0.2) is 8.78 Å². The Hall–Kier alpha value is -1.94. The van der Waals surface area contributed by atoms with E-state index in [9.17, 15) is 8.78 Å². The topological polar surface area (TPSA) is 21.3 Å². The van der Waals surface area contributed by atoms with E-state index in [2.05, 4.69) is 12.2 Å². The molecule has 0 radical (unpaired) electrons. The zero-order valence-corrected chi connectivity index (χ0v) is 12.2. The largest absolute Gasteiger partial charge is 0.454 e. The molecular formula is C17H19F2NO. The lowest BCUT2D eigenvalue weighted by atomic mass is 10.1. The van der Waals surface area contributed by atoms with Crippen molar-refractivity contribution in [3.05, 3.63) is 59.2 Å². The molecule has 1 N–H and O–H groups in total. The first-order chi connectivity index (χ1) is 10.1. The number of aryl methyl sites for hydroxylation is 1. The molecule has 0 aromatic heterocycles. The number of rotatable bonds is 6. The van der Waals surface area contributed by atoms with Gasteiger partial charge in [0, 0.05) is 12.1 Å². The minimum atomic E-state index is -0.422. The van der Waals surface area contributed by atoms with Gasteiger partial charge in [-0.05, 0) is 49.7 Å². The molecule has 0 aliphatic rings. The quantitative estimate of drug-likeness (QED) is 0.787. The molecule has 0 aliphatic heterocycles. The molecule has 2 rings (SSSR count). The van der Waals surface area contributed by atoms with Crippen molar-refractivity contribution in [2.24, 2.45) is 0 Å². The average molecular weight is 291 g/mol. The molecule has 21 heavy (non-hydrogen) atoms. The molecule has 0 fully saturated rings. The molecule has 0 aliphatic carbocycles. The minimum Gasteiger partial charge on any atom is -0.454 e. The Morgan fingerprint density at radius 1 is 1.14 bits per heavy atom. The highest BCUT2D eigenvalue weighted by Crippen LogP contribution is 2.30. The fraction of sp³-hybridized carbons (Fsp3) is 0.294. The van der Waals surface area contributed by atoms with Gasteiger partial charge in [0.1, 0.15) is 11.6 Å². The van der Waals surface area contributed by atoms with E-state index in [4.69, 9.17) is 4.74 Å². The van der Waals surface area contributed by atoms with Gasteiger partial charge in [-0.15, -0.1) is 0 Å². The first-order valence-electron chi connectivity index (χ1n) is 7.04. The number of nitrogens with one attached hydrogen (secondary N) is 1. The van der Waals surface area contributed by atoms with Crippen molar-refractivity contribution in [3.63, 3.8) is 0 Å². The van der Waals surface area contributed by atoms with Crippen LogP contribution >= 0.6 is 0 Å². The number of ether oxygens (including phenoxy) is 1. The molecule has 2 nitrogen and oxygen atoms in total. The van der Waals surface area contributed by atoms with Crippen molar-refractivity contribution in [3.8, 4) is 11.5 Å². The molecule has 0 unspecified atom stereocenters. The second-order valence-electron chi connectivity index (χ2n) is 4.92.